The molecule has 1 heterocycles. The van der Waals surface area contributed by atoms with E-state index in [4.69, 9.17) is 9.73 Å². The fraction of sp³-hybridized carbons (Fsp3) is 0.895. The normalized spacial score (nSPS) is 26.0. The predicted molar refractivity (Wildman–Crippen MR) is 117 cm³/mol. The number of amides is 1. The van der Waals surface area contributed by atoms with Crippen molar-refractivity contribution in [1.82, 2.24) is 15.5 Å². The third-order valence-corrected chi connectivity index (χ3v) is 4.75. The van der Waals surface area contributed by atoms with E-state index in [0.717, 1.165) is 50.9 Å². The lowest BCUT2D eigenvalue weighted by molar-refractivity contribution is 0.0163. The van der Waals surface area contributed by atoms with Gasteiger partial charge in [0.15, 0.2) is 5.96 Å². The fourth-order valence-corrected chi connectivity index (χ4v) is 3.17. The van der Waals surface area contributed by atoms with E-state index in [1.54, 1.807) is 0 Å². The summed E-state index contributed by atoms with van der Waals surface area (Å²) in [7, 11) is 0. The Morgan fingerprint density at radius 3 is 2.62 bits per heavy atom. The van der Waals surface area contributed by atoms with Gasteiger partial charge >= 0.3 is 6.09 Å². The van der Waals surface area contributed by atoms with E-state index >= 15 is 0 Å². The maximum Gasteiger partial charge on any atom is 0.410 e. The molecule has 1 saturated carbocycles. The summed E-state index contributed by atoms with van der Waals surface area (Å²) in [6, 6.07) is 0.579. The molecule has 0 aromatic heterocycles. The summed E-state index contributed by atoms with van der Waals surface area (Å²) < 4.78 is 5.50. The minimum Gasteiger partial charge on any atom is -0.444 e. The summed E-state index contributed by atoms with van der Waals surface area (Å²) in [6.45, 7) is 13.4. The monoisotopic (exact) mass is 480 g/mol. The summed E-state index contributed by atoms with van der Waals surface area (Å²) in [5.74, 6) is 2.19. The maximum absolute atomic E-state index is 12.2. The molecule has 1 saturated heterocycles. The minimum atomic E-state index is -0.430. The van der Waals surface area contributed by atoms with E-state index in [-0.39, 0.29) is 30.1 Å². The van der Waals surface area contributed by atoms with Gasteiger partial charge in [0.05, 0.1) is 0 Å². The number of halogens is 1. The zero-order chi connectivity index (χ0) is 18.4. The van der Waals surface area contributed by atoms with Gasteiger partial charge in [0.25, 0.3) is 0 Å². The van der Waals surface area contributed by atoms with Crippen LogP contribution in [0.25, 0.3) is 0 Å². The van der Waals surface area contributed by atoms with Crippen LogP contribution in [0.4, 0.5) is 4.79 Å². The van der Waals surface area contributed by atoms with E-state index in [1.807, 2.05) is 25.7 Å². The lowest BCUT2D eigenvalue weighted by Crippen LogP contribution is -2.43. The van der Waals surface area contributed by atoms with Gasteiger partial charge in [-0.2, -0.15) is 0 Å². The van der Waals surface area contributed by atoms with Crippen molar-refractivity contribution in [3.63, 3.8) is 0 Å². The second kappa shape index (κ2) is 10.6. The zero-order valence-corrected chi connectivity index (χ0v) is 19.3. The number of likely N-dealkylation sites (tertiary alicyclic amines) is 1. The molecule has 0 aromatic carbocycles. The van der Waals surface area contributed by atoms with Crippen molar-refractivity contribution >= 4 is 36.0 Å². The number of nitrogens with zero attached hydrogens (tertiary/aromatic N) is 2. The first-order chi connectivity index (χ1) is 11.8. The average molecular weight is 480 g/mol. The number of nitrogens with one attached hydrogen (secondary N) is 2. The molecule has 2 rings (SSSR count). The third-order valence-electron chi connectivity index (χ3n) is 4.75. The molecule has 0 aromatic rings. The van der Waals surface area contributed by atoms with E-state index in [2.05, 4.69) is 24.5 Å². The molecular weight excluding hydrogens is 443 g/mol. The highest BCUT2D eigenvalue weighted by Gasteiger charge is 2.33. The Morgan fingerprint density at radius 1 is 1.35 bits per heavy atom. The van der Waals surface area contributed by atoms with Crippen LogP contribution in [0.1, 0.15) is 60.3 Å². The van der Waals surface area contributed by atoms with Crippen molar-refractivity contribution in [2.75, 3.05) is 26.2 Å². The number of hydrogen-bond donors (Lipinski definition) is 2. The summed E-state index contributed by atoms with van der Waals surface area (Å²) in [5, 5.41) is 6.81. The Bertz CT molecular complexity index is 479. The summed E-state index contributed by atoms with van der Waals surface area (Å²) in [6.07, 6.45) is 4.27. The SMILES string of the molecule is CCNC(=NCCC1CCCN(C(=O)OC(C)(C)C)C1)NC1CC1C.I. The molecule has 2 aliphatic rings. The van der Waals surface area contributed by atoms with Gasteiger partial charge in [-0.3, -0.25) is 4.99 Å². The van der Waals surface area contributed by atoms with Gasteiger partial charge < -0.3 is 20.3 Å². The van der Waals surface area contributed by atoms with Crippen molar-refractivity contribution in [1.29, 1.82) is 0 Å². The quantitative estimate of drug-likeness (QED) is 0.359. The Kier molecular flexibility index (Phi) is 9.47. The second-order valence-corrected chi connectivity index (χ2v) is 8.45. The Hall–Kier alpha value is -0.730. The molecule has 26 heavy (non-hydrogen) atoms. The molecule has 2 fully saturated rings. The largest absolute Gasteiger partial charge is 0.444 e. The van der Waals surface area contributed by atoms with Crippen LogP contribution in [0, 0.1) is 11.8 Å². The second-order valence-electron chi connectivity index (χ2n) is 8.45. The van der Waals surface area contributed by atoms with Crippen LogP contribution in [0.2, 0.25) is 0 Å². The van der Waals surface area contributed by atoms with Crippen LogP contribution >= 0.6 is 24.0 Å². The van der Waals surface area contributed by atoms with Crippen molar-refractivity contribution in [2.45, 2.75) is 71.9 Å². The molecule has 0 spiro atoms. The number of ether oxygens (including phenoxy) is 1. The number of hydrogen-bond acceptors (Lipinski definition) is 3. The van der Waals surface area contributed by atoms with Gasteiger partial charge in [0.1, 0.15) is 5.60 Å². The number of carbonyl (C=O) groups is 1. The first-order valence-electron chi connectivity index (χ1n) is 9.81. The van der Waals surface area contributed by atoms with Gasteiger partial charge in [-0.05, 0) is 65.2 Å². The maximum atomic E-state index is 12.2. The van der Waals surface area contributed by atoms with Crippen LogP contribution in [0.3, 0.4) is 0 Å². The molecule has 1 aliphatic carbocycles. The van der Waals surface area contributed by atoms with Gasteiger partial charge in [-0.1, -0.05) is 6.92 Å². The van der Waals surface area contributed by atoms with Crippen molar-refractivity contribution in [3.05, 3.63) is 0 Å². The molecule has 0 radical (unpaired) electrons. The minimum absolute atomic E-state index is 0. The van der Waals surface area contributed by atoms with Gasteiger partial charge in [0, 0.05) is 32.2 Å². The highest BCUT2D eigenvalue weighted by Crippen LogP contribution is 2.28. The van der Waals surface area contributed by atoms with E-state index in [9.17, 15) is 4.79 Å². The topological polar surface area (TPSA) is 66.0 Å². The average Bonchev–Trinajstić information content (AvgIpc) is 3.21. The zero-order valence-electron chi connectivity index (χ0n) is 17.0. The standard InChI is InChI=1S/C19H36N4O2.HI/c1-6-20-17(22-16-12-14(16)2)21-10-9-15-8-7-11-23(13-15)18(24)25-19(3,4)5;/h14-16H,6-13H2,1-5H3,(H2,20,21,22);1H. The number of rotatable bonds is 5. The molecule has 3 unspecified atom stereocenters. The van der Waals surface area contributed by atoms with E-state index < -0.39 is 5.60 Å². The lowest BCUT2D eigenvalue weighted by atomic mass is 9.95. The molecule has 2 N–H and O–H groups in total. The number of aliphatic imine (C=N–C) groups is 1. The highest BCUT2D eigenvalue weighted by molar-refractivity contribution is 14.0. The molecule has 6 nitrogen and oxygen atoms in total. The van der Waals surface area contributed by atoms with Gasteiger partial charge in [0.2, 0.25) is 0 Å². The van der Waals surface area contributed by atoms with Crippen LogP contribution in [-0.4, -0.2) is 54.8 Å². The van der Waals surface area contributed by atoms with Crippen molar-refractivity contribution in [2.24, 2.45) is 16.8 Å². The Labute approximate surface area is 175 Å². The summed E-state index contributed by atoms with van der Waals surface area (Å²) in [5.41, 5.74) is -0.430. The molecular formula is C19H37IN4O2. The number of piperidine rings is 1. The van der Waals surface area contributed by atoms with E-state index in [1.165, 1.54) is 12.8 Å². The highest BCUT2D eigenvalue weighted by atomic mass is 127. The number of guanidine groups is 1. The van der Waals surface area contributed by atoms with E-state index in [0.29, 0.717) is 12.0 Å². The van der Waals surface area contributed by atoms with Crippen molar-refractivity contribution in [3.8, 4) is 0 Å². The molecule has 1 amide bonds. The third kappa shape index (κ3) is 8.31. The fourth-order valence-electron chi connectivity index (χ4n) is 3.17. The molecule has 3 atom stereocenters. The molecule has 0 bridgehead atoms. The number of carbonyl (C=O) groups excluding carboxylic acids is 1. The van der Waals surface area contributed by atoms with Gasteiger partial charge in [-0.15, -0.1) is 24.0 Å². The molecule has 152 valence electrons. The Balaban J connectivity index is 0.00000338. The first kappa shape index (κ1) is 23.3. The first-order valence-corrected chi connectivity index (χ1v) is 9.81. The van der Waals surface area contributed by atoms with Crippen LogP contribution in [0.5, 0.6) is 0 Å². The smallest absolute Gasteiger partial charge is 0.410 e. The Morgan fingerprint density at radius 2 is 2.04 bits per heavy atom. The summed E-state index contributed by atoms with van der Waals surface area (Å²) in [4.78, 5) is 18.8. The van der Waals surface area contributed by atoms with Crippen LogP contribution in [-0.2, 0) is 4.74 Å². The van der Waals surface area contributed by atoms with Crippen molar-refractivity contribution < 1.29 is 9.53 Å². The van der Waals surface area contributed by atoms with Gasteiger partial charge in [-0.25, -0.2) is 4.79 Å². The molecule has 1 aliphatic heterocycles. The van der Waals surface area contributed by atoms with Crippen LogP contribution in [0.15, 0.2) is 4.99 Å². The van der Waals surface area contributed by atoms with Crippen LogP contribution < -0.4 is 10.6 Å². The predicted octanol–water partition coefficient (Wildman–Crippen LogP) is 3.61. The lowest BCUT2D eigenvalue weighted by Gasteiger charge is -2.34. The summed E-state index contributed by atoms with van der Waals surface area (Å²) >= 11 is 0. The molecule has 7 heteroatoms.